The van der Waals surface area contributed by atoms with E-state index in [1.54, 1.807) is 0 Å². The minimum absolute atomic E-state index is 0.0586. The molecule has 3 heterocycles. The molecule has 4 atom stereocenters. The Morgan fingerprint density at radius 1 is 1.30 bits per heavy atom. The first-order valence-electron chi connectivity index (χ1n) is 7.41. The predicted molar refractivity (Wildman–Crippen MR) is 69.3 cm³/mol. The molecule has 2 bridgehead atoms. The van der Waals surface area contributed by atoms with E-state index < -0.39 is 5.97 Å². The van der Waals surface area contributed by atoms with Crippen molar-refractivity contribution in [3.05, 3.63) is 11.7 Å². The second-order valence-corrected chi connectivity index (χ2v) is 6.50. The highest BCUT2D eigenvalue weighted by molar-refractivity contribution is 5.74. The molecule has 1 aromatic heterocycles. The Bertz CT molecular complexity index is 530. The summed E-state index contributed by atoms with van der Waals surface area (Å²) in [7, 11) is 2.21. The largest absolute Gasteiger partial charge is 0.481 e. The maximum atomic E-state index is 10.9. The van der Waals surface area contributed by atoms with Crippen LogP contribution in [-0.4, -0.2) is 45.2 Å². The van der Waals surface area contributed by atoms with E-state index in [2.05, 4.69) is 22.1 Å². The van der Waals surface area contributed by atoms with Gasteiger partial charge in [-0.1, -0.05) is 5.16 Å². The van der Waals surface area contributed by atoms with Gasteiger partial charge in [0, 0.05) is 18.0 Å². The number of carboxylic acids is 1. The highest BCUT2D eigenvalue weighted by atomic mass is 16.5. The molecule has 1 saturated carbocycles. The third-order valence-corrected chi connectivity index (χ3v) is 5.35. The maximum absolute atomic E-state index is 10.9. The van der Waals surface area contributed by atoms with Gasteiger partial charge < -0.3 is 14.5 Å². The Morgan fingerprint density at radius 2 is 2.00 bits per heavy atom. The Hall–Kier alpha value is -1.43. The summed E-state index contributed by atoms with van der Waals surface area (Å²) in [4.78, 5) is 17.9. The highest BCUT2D eigenvalue weighted by Crippen LogP contribution is 2.47. The first kappa shape index (κ1) is 12.3. The number of rotatable bonds is 3. The van der Waals surface area contributed by atoms with Gasteiger partial charge in [-0.3, -0.25) is 4.79 Å². The third-order valence-electron chi connectivity index (χ3n) is 5.35. The number of aromatic nitrogens is 2. The molecule has 20 heavy (non-hydrogen) atoms. The average Bonchev–Trinajstić information content (AvgIpc) is 3.05. The molecule has 0 aromatic carbocycles. The summed E-state index contributed by atoms with van der Waals surface area (Å²) in [6.07, 6.45) is 5.37. The van der Waals surface area contributed by atoms with E-state index >= 15 is 0 Å². The molecule has 6 heteroatoms. The van der Waals surface area contributed by atoms with Crippen LogP contribution in [0.25, 0.3) is 0 Å². The van der Waals surface area contributed by atoms with E-state index in [4.69, 9.17) is 9.63 Å². The van der Waals surface area contributed by atoms with Gasteiger partial charge in [-0.15, -0.1) is 0 Å². The van der Waals surface area contributed by atoms with Crippen molar-refractivity contribution in [2.24, 2.45) is 5.92 Å². The van der Waals surface area contributed by atoms with Crippen molar-refractivity contribution in [2.45, 2.75) is 56.0 Å². The Labute approximate surface area is 117 Å². The summed E-state index contributed by atoms with van der Waals surface area (Å²) in [6, 6.07) is 1.29. The van der Waals surface area contributed by atoms with Crippen molar-refractivity contribution in [1.82, 2.24) is 15.0 Å². The number of carboxylic acid groups (broad SMARTS) is 1. The summed E-state index contributed by atoms with van der Waals surface area (Å²) in [5, 5.41) is 13.1. The van der Waals surface area contributed by atoms with Gasteiger partial charge >= 0.3 is 5.97 Å². The molecule has 2 aliphatic heterocycles. The molecule has 1 aliphatic carbocycles. The third kappa shape index (κ3) is 1.85. The van der Waals surface area contributed by atoms with Crippen LogP contribution in [0.5, 0.6) is 0 Å². The Balaban J connectivity index is 1.48. The van der Waals surface area contributed by atoms with Crippen LogP contribution < -0.4 is 0 Å². The summed E-state index contributed by atoms with van der Waals surface area (Å²) < 4.78 is 5.30. The lowest BCUT2D eigenvalue weighted by atomic mass is 9.90. The molecular formula is C14H19N3O3. The van der Waals surface area contributed by atoms with E-state index in [0.29, 0.717) is 30.3 Å². The lowest BCUT2D eigenvalue weighted by Gasteiger charge is -2.34. The summed E-state index contributed by atoms with van der Waals surface area (Å²) >= 11 is 0. The normalized spacial score (nSPS) is 40.0. The standard InChI is InChI=1S/C14H19N3O3/c1-17-8-2-3-9(17)5-7(4-8)12-15-13(20-16-12)10-6-11(10)14(18)19/h7-11H,2-6H2,1H3,(H,18,19). The van der Waals surface area contributed by atoms with Gasteiger partial charge in [0.15, 0.2) is 5.82 Å². The van der Waals surface area contributed by atoms with Crippen LogP contribution in [0.4, 0.5) is 0 Å². The molecule has 1 aromatic rings. The van der Waals surface area contributed by atoms with Crippen LogP contribution in [0.2, 0.25) is 0 Å². The van der Waals surface area contributed by atoms with Gasteiger partial charge in [0.05, 0.1) is 11.8 Å². The summed E-state index contributed by atoms with van der Waals surface area (Å²) in [6.45, 7) is 0. The van der Waals surface area contributed by atoms with Crippen molar-refractivity contribution in [3.63, 3.8) is 0 Å². The zero-order valence-corrected chi connectivity index (χ0v) is 11.5. The zero-order valence-electron chi connectivity index (χ0n) is 11.5. The molecule has 3 fully saturated rings. The number of hydrogen-bond acceptors (Lipinski definition) is 5. The average molecular weight is 277 g/mol. The lowest BCUT2D eigenvalue weighted by Crippen LogP contribution is -2.39. The molecular weight excluding hydrogens is 258 g/mol. The summed E-state index contributed by atoms with van der Waals surface area (Å²) in [5.74, 6) is 0.559. The first-order chi connectivity index (χ1) is 9.63. The van der Waals surface area contributed by atoms with Crippen LogP contribution in [0.1, 0.15) is 55.7 Å². The number of fused-ring (bicyclic) bond motifs is 2. The van der Waals surface area contributed by atoms with Gasteiger partial charge in [0.25, 0.3) is 0 Å². The van der Waals surface area contributed by atoms with Crippen molar-refractivity contribution in [3.8, 4) is 0 Å². The topological polar surface area (TPSA) is 79.5 Å². The quantitative estimate of drug-likeness (QED) is 0.904. The number of carbonyl (C=O) groups is 1. The molecule has 4 rings (SSSR count). The van der Waals surface area contributed by atoms with Crippen LogP contribution in [0.3, 0.4) is 0 Å². The van der Waals surface area contributed by atoms with Crippen LogP contribution in [-0.2, 0) is 4.79 Å². The van der Waals surface area contributed by atoms with Crippen molar-refractivity contribution >= 4 is 5.97 Å². The van der Waals surface area contributed by atoms with Crippen molar-refractivity contribution in [1.29, 1.82) is 0 Å². The van der Waals surface area contributed by atoms with Gasteiger partial charge in [-0.25, -0.2) is 0 Å². The van der Waals surface area contributed by atoms with Gasteiger partial charge in [0.2, 0.25) is 5.89 Å². The van der Waals surface area contributed by atoms with Gasteiger partial charge in [-0.2, -0.15) is 4.98 Å². The molecule has 0 spiro atoms. The Kier molecular flexibility index (Phi) is 2.64. The smallest absolute Gasteiger partial charge is 0.307 e. The van der Waals surface area contributed by atoms with Gasteiger partial charge in [-0.05, 0) is 39.2 Å². The molecule has 6 nitrogen and oxygen atoms in total. The molecule has 1 N–H and O–H groups in total. The van der Waals surface area contributed by atoms with Gasteiger partial charge in [0.1, 0.15) is 0 Å². The number of aliphatic carboxylic acids is 1. The second kappa shape index (κ2) is 4.28. The Morgan fingerprint density at radius 3 is 2.60 bits per heavy atom. The number of nitrogens with zero attached hydrogens (tertiary/aromatic N) is 3. The van der Waals surface area contributed by atoms with E-state index in [-0.39, 0.29) is 11.8 Å². The number of hydrogen-bond donors (Lipinski definition) is 1. The number of piperidine rings is 1. The van der Waals surface area contributed by atoms with Crippen LogP contribution >= 0.6 is 0 Å². The molecule has 4 unspecified atom stereocenters. The molecule has 2 saturated heterocycles. The molecule has 3 aliphatic rings. The summed E-state index contributed by atoms with van der Waals surface area (Å²) in [5.41, 5.74) is 0. The van der Waals surface area contributed by atoms with Crippen molar-refractivity contribution in [2.75, 3.05) is 7.05 Å². The second-order valence-electron chi connectivity index (χ2n) is 6.50. The monoisotopic (exact) mass is 277 g/mol. The van der Waals surface area contributed by atoms with E-state index in [9.17, 15) is 4.79 Å². The van der Waals surface area contributed by atoms with E-state index in [1.165, 1.54) is 12.8 Å². The van der Waals surface area contributed by atoms with Crippen LogP contribution in [0, 0.1) is 5.92 Å². The SMILES string of the molecule is CN1C2CCC1CC(c1noc(C3CC3C(=O)O)n1)C2. The fraction of sp³-hybridized carbons (Fsp3) is 0.786. The molecule has 0 amide bonds. The fourth-order valence-electron chi connectivity index (χ4n) is 3.93. The van der Waals surface area contributed by atoms with E-state index in [1.807, 2.05) is 0 Å². The van der Waals surface area contributed by atoms with E-state index in [0.717, 1.165) is 18.7 Å². The van der Waals surface area contributed by atoms with Crippen molar-refractivity contribution < 1.29 is 14.4 Å². The van der Waals surface area contributed by atoms with Crippen LogP contribution in [0.15, 0.2) is 4.52 Å². The fourth-order valence-corrected chi connectivity index (χ4v) is 3.93. The predicted octanol–water partition coefficient (Wildman–Crippen LogP) is 1.60. The minimum Gasteiger partial charge on any atom is -0.481 e. The molecule has 108 valence electrons. The minimum atomic E-state index is -0.757. The zero-order chi connectivity index (χ0) is 13.9. The molecule has 0 radical (unpaired) electrons. The lowest BCUT2D eigenvalue weighted by molar-refractivity contribution is -0.138. The highest BCUT2D eigenvalue weighted by Gasteiger charge is 2.48. The first-order valence-corrected chi connectivity index (χ1v) is 7.41. The maximum Gasteiger partial charge on any atom is 0.307 e.